The second-order valence-electron chi connectivity index (χ2n) is 5.29. The molecule has 0 atom stereocenters. The molecule has 0 unspecified atom stereocenters. The van der Waals surface area contributed by atoms with Gasteiger partial charge >= 0.3 is 6.09 Å². The molecule has 0 radical (unpaired) electrons. The van der Waals surface area contributed by atoms with Crippen LogP contribution in [0.1, 0.15) is 32.6 Å². The fourth-order valence-electron chi connectivity index (χ4n) is 2.95. The minimum absolute atomic E-state index is 0.164. The average Bonchev–Trinajstić information content (AvgIpc) is 2.40. The van der Waals surface area contributed by atoms with E-state index in [1.54, 1.807) is 0 Å². The number of rotatable bonds is 2. The molecule has 104 valence electrons. The first-order valence-electron chi connectivity index (χ1n) is 7.12. The number of nitrogens with two attached hydrogens (primary N) is 1. The molecule has 1 amide bonds. The highest BCUT2D eigenvalue weighted by Gasteiger charge is 2.28. The molecule has 0 aromatic carbocycles. The zero-order chi connectivity index (χ0) is 13.0. The summed E-state index contributed by atoms with van der Waals surface area (Å²) in [5.41, 5.74) is 5.93. The molecule has 1 saturated carbocycles. The number of piperazine rings is 1. The topological polar surface area (TPSA) is 58.8 Å². The van der Waals surface area contributed by atoms with E-state index in [1.807, 2.05) is 11.8 Å². The van der Waals surface area contributed by atoms with Crippen LogP contribution in [0, 0.1) is 0 Å². The standard InChI is InChI=1S/C13H25N3O2/c1-2-18-13(17)16-9-7-15(8-10-16)12-5-3-11(14)4-6-12/h11-12H,2-10,14H2,1H3. The lowest BCUT2D eigenvalue weighted by molar-refractivity contribution is 0.0569. The molecule has 5 nitrogen and oxygen atoms in total. The Kier molecular flexibility index (Phi) is 4.83. The van der Waals surface area contributed by atoms with E-state index < -0.39 is 0 Å². The van der Waals surface area contributed by atoms with Crippen molar-refractivity contribution in [3.8, 4) is 0 Å². The quantitative estimate of drug-likeness (QED) is 0.800. The van der Waals surface area contributed by atoms with E-state index in [4.69, 9.17) is 10.5 Å². The molecular formula is C13H25N3O2. The lowest BCUT2D eigenvalue weighted by Crippen LogP contribution is -2.53. The Morgan fingerprint density at radius 1 is 1.17 bits per heavy atom. The van der Waals surface area contributed by atoms with E-state index >= 15 is 0 Å². The Morgan fingerprint density at radius 3 is 2.33 bits per heavy atom. The summed E-state index contributed by atoms with van der Waals surface area (Å²) in [4.78, 5) is 15.9. The van der Waals surface area contributed by atoms with Crippen molar-refractivity contribution in [1.82, 2.24) is 9.80 Å². The highest BCUT2D eigenvalue weighted by molar-refractivity contribution is 5.67. The summed E-state index contributed by atoms with van der Waals surface area (Å²) in [6, 6.07) is 1.08. The van der Waals surface area contributed by atoms with Crippen molar-refractivity contribution in [2.45, 2.75) is 44.7 Å². The van der Waals surface area contributed by atoms with Gasteiger partial charge in [0.05, 0.1) is 6.61 Å². The third kappa shape index (κ3) is 3.36. The highest BCUT2D eigenvalue weighted by Crippen LogP contribution is 2.23. The van der Waals surface area contributed by atoms with Gasteiger partial charge in [-0.1, -0.05) is 0 Å². The molecule has 1 aliphatic carbocycles. The molecule has 2 rings (SSSR count). The molecule has 1 saturated heterocycles. The number of carbonyl (C=O) groups is 1. The summed E-state index contributed by atoms with van der Waals surface area (Å²) in [7, 11) is 0. The van der Waals surface area contributed by atoms with Crippen LogP contribution in [0.4, 0.5) is 4.79 Å². The summed E-state index contributed by atoms with van der Waals surface area (Å²) in [6.07, 6.45) is 4.54. The molecular weight excluding hydrogens is 230 g/mol. The Morgan fingerprint density at radius 2 is 1.78 bits per heavy atom. The molecule has 18 heavy (non-hydrogen) atoms. The van der Waals surface area contributed by atoms with Crippen LogP contribution in [0.3, 0.4) is 0 Å². The summed E-state index contributed by atoms with van der Waals surface area (Å²) in [5, 5.41) is 0. The van der Waals surface area contributed by atoms with Gasteiger partial charge in [0.15, 0.2) is 0 Å². The van der Waals surface area contributed by atoms with Crippen molar-refractivity contribution in [3.05, 3.63) is 0 Å². The van der Waals surface area contributed by atoms with Crippen molar-refractivity contribution in [2.75, 3.05) is 32.8 Å². The van der Waals surface area contributed by atoms with E-state index in [2.05, 4.69) is 4.90 Å². The number of nitrogens with zero attached hydrogens (tertiary/aromatic N) is 2. The minimum Gasteiger partial charge on any atom is -0.450 e. The zero-order valence-corrected chi connectivity index (χ0v) is 11.3. The maximum absolute atomic E-state index is 11.6. The van der Waals surface area contributed by atoms with Crippen molar-refractivity contribution < 1.29 is 9.53 Å². The lowest BCUT2D eigenvalue weighted by atomic mass is 9.90. The Hall–Kier alpha value is -0.810. The number of hydrogen-bond acceptors (Lipinski definition) is 4. The van der Waals surface area contributed by atoms with E-state index in [0.717, 1.165) is 39.0 Å². The van der Waals surface area contributed by atoms with Crippen molar-refractivity contribution >= 4 is 6.09 Å². The van der Waals surface area contributed by atoms with Gasteiger partial charge in [0.1, 0.15) is 0 Å². The average molecular weight is 255 g/mol. The maximum Gasteiger partial charge on any atom is 0.409 e. The number of ether oxygens (including phenoxy) is 1. The SMILES string of the molecule is CCOC(=O)N1CCN(C2CCC(N)CC2)CC1. The van der Waals surface area contributed by atoms with Gasteiger partial charge in [-0.2, -0.15) is 0 Å². The maximum atomic E-state index is 11.6. The van der Waals surface area contributed by atoms with Crippen LogP contribution in [0.5, 0.6) is 0 Å². The molecule has 5 heteroatoms. The van der Waals surface area contributed by atoms with Crippen molar-refractivity contribution in [1.29, 1.82) is 0 Å². The van der Waals surface area contributed by atoms with Gasteiger partial charge in [-0.15, -0.1) is 0 Å². The highest BCUT2D eigenvalue weighted by atomic mass is 16.6. The van der Waals surface area contributed by atoms with Crippen LogP contribution in [-0.4, -0.2) is 60.8 Å². The predicted octanol–water partition coefficient (Wildman–Crippen LogP) is 1.03. The van der Waals surface area contributed by atoms with Gasteiger partial charge in [-0.25, -0.2) is 4.79 Å². The molecule has 1 aliphatic heterocycles. The van der Waals surface area contributed by atoms with E-state index in [9.17, 15) is 4.79 Å². The Bertz CT molecular complexity index is 269. The first kappa shape index (κ1) is 13.6. The molecule has 2 N–H and O–H groups in total. The van der Waals surface area contributed by atoms with Crippen LogP contribution in [0.15, 0.2) is 0 Å². The van der Waals surface area contributed by atoms with Crippen LogP contribution < -0.4 is 5.73 Å². The fraction of sp³-hybridized carbons (Fsp3) is 0.923. The molecule has 2 aliphatic rings. The number of amides is 1. The number of hydrogen-bond donors (Lipinski definition) is 1. The van der Waals surface area contributed by atoms with E-state index in [0.29, 0.717) is 18.7 Å². The second-order valence-corrected chi connectivity index (χ2v) is 5.29. The van der Waals surface area contributed by atoms with Gasteiger partial charge in [-0.3, -0.25) is 4.90 Å². The number of carbonyl (C=O) groups excluding carboxylic acids is 1. The van der Waals surface area contributed by atoms with Gasteiger partial charge < -0.3 is 15.4 Å². The molecule has 0 spiro atoms. The van der Waals surface area contributed by atoms with Crippen molar-refractivity contribution in [2.24, 2.45) is 5.73 Å². The minimum atomic E-state index is -0.164. The third-order valence-electron chi connectivity index (χ3n) is 4.10. The Labute approximate surface area is 109 Å². The largest absolute Gasteiger partial charge is 0.450 e. The van der Waals surface area contributed by atoms with Crippen LogP contribution in [0.2, 0.25) is 0 Å². The summed E-state index contributed by atoms with van der Waals surface area (Å²) < 4.78 is 5.03. The van der Waals surface area contributed by atoms with E-state index in [1.165, 1.54) is 12.8 Å². The monoisotopic (exact) mass is 255 g/mol. The molecule has 0 aromatic rings. The van der Waals surface area contributed by atoms with Gasteiger partial charge in [0.25, 0.3) is 0 Å². The predicted molar refractivity (Wildman–Crippen MR) is 70.4 cm³/mol. The second kappa shape index (κ2) is 6.38. The lowest BCUT2D eigenvalue weighted by Gasteiger charge is -2.41. The first-order chi connectivity index (χ1) is 8.70. The zero-order valence-electron chi connectivity index (χ0n) is 11.3. The van der Waals surface area contributed by atoms with E-state index in [-0.39, 0.29) is 6.09 Å². The van der Waals surface area contributed by atoms with Gasteiger partial charge in [0.2, 0.25) is 0 Å². The fourth-order valence-corrected chi connectivity index (χ4v) is 2.95. The Balaban J connectivity index is 1.74. The summed E-state index contributed by atoms with van der Waals surface area (Å²) >= 11 is 0. The normalized spacial score (nSPS) is 30.2. The van der Waals surface area contributed by atoms with Gasteiger partial charge in [-0.05, 0) is 32.6 Å². The van der Waals surface area contributed by atoms with Crippen molar-refractivity contribution in [3.63, 3.8) is 0 Å². The van der Waals surface area contributed by atoms with Gasteiger partial charge in [0, 0.05) is 38.3 Å². The summed E-state index contributed by atoms with van der Waals surface area (Å²) in [5.74, 6) is 0. The molecule has 2 fully saturated rings. The third-order valence-corrected chi connectivity index (χ3v) is 4.10. The first-order valence-corrected chi connectivity index (χ1v) is 7.12. The van der Waals surface area contributed by atoms with Crippen LogP contribution in [-0.2, 0) is 4.74 Å². The van der Waals surface area contributed by atoms with Crippen LogP contribution in [0.25, 0.3) is 0 Å². The molecule has 0 aromatic heterocycles. The van der Waals surface area contributed by atoms with Crippen LogP contribution >= 0.6 is 0 Å². The smallest absolute Gasteiger partial charge is 0.409 e. The molecule has 0 bridgehead atoms. The summed E-state index contributed by atoms with van der Waals surface area (Å²) in [6.45, 7) is 5.83. The molecule has 1 heterocycles.